The van der Waals surface area contributed by atoms with E-state index in [9.17, 15) is 4.79 Å². The van der Waals surface area contributed by atoms with Gasteiger partial charge < -0.3 is 5.11 Å². The monoisotopic (exact) mass is 249 g/mol. The maximum Gasteiger partial charge on any atom is 0.308 e. The lowest BCUT2D eigenvalue weighted by Gasteiger charge is -2.08. The summed E-state index contributed by atoms with van der Waals surface area (Å²) in [6.07, 6.45) is 9.31. The Balaban J connectivity index is 0.000000203. The molecule has 0 atom stereocenters. The highest BCUT2D eigenvalue weighted by molar-refractivity contribution is 5.72. The maximum atomic E-state index is 10.0. The number of rotatable bonds is 3. The van der Waals surface area contributed by atoms with Crippen LogP contribution in [0, 0.1) is 11.3 Å². The number of hydrogen-bond donors (Lipinski definition) is 1. The van der Waals surface area contributed by atoms with Crippen LogP contribution >= 0.6 is 0 Å². The number of carboxylic acid groups (broad SMARTS) is 1. The van der Waals surface area contributed by atoms with Crippen LogP contribution in [0.3, 0.4) is 0 Å². The summed E-state index contributed by atoms with van der Waals surface area (Å²) in [6, 6.07) is 4.18. The van der Waals surface area contributed by atoms with E-state index in [2.05, 4.69) is 11.1 Å². The fourth-order valence-corrected chi connectivity index (χ4v) is 1.32. The average molecular weight is 249 g/mol. The molecular weight excluding hydrogens is 226 g/mol. The normalized spacial score (nSPS) is 14.6. The summed E-state index contributed by atoms with van der Waals surface area (Å²) in [5.41, 5.74) is 0.805. The highest BCUT2D eigenvalue weighted by atomic mass is 16.4. The van der Waals surface area contributed by atoms with E-state index in [4.69, 9.17) is 5.11 Å². The Morgan fingerprint density at radius 2 is 2.06 bits per heavy atom. The molecule has 1 aromatic rings. The largest absolute Gasteiger partial charge is 0.481 e. The van der Waals surface area contributed by atoms with Crippen LogP contribution < -0.4 is 0 Å². The van der Waals surface area contributed by atoms with E-state index in [-0.39, 0.29) is 0 Å². The molecule has 3 nitrogen and oxygen atoms in total. The van der Waals surface area contributed by atoms with Crippen LogP contribution in [-0.2, 0) is 11.2 Å². The molecule has 0 amide bonds. The molecule has 0 spiro atoms. The van der Waals surface area contributed by atoms with Gasteiger partial charge in [-0.3, -0.25) is 9.78 Å². The van der Waals surface area contributed by atoms with Gasteiger partial charge in [0.05, 0.1) is 5.41 Å². The summed E-state index contributed by atoms with van der Waals surface area (Å²) in [4.78, 5) is 14.1. The average Bonchev–Trinajstić information content (AvgIpc) is 3.11. The lowest BCUT2D eigenvalue weighted by Crippen LogP contribution is -2.18. The number of carbonyl (C=O) groups is 1. The molecule has 0 radical (unpaired) electrons. The van der Waals surface area contributed by atoms with E-state index in [1.54, 1.807) is 20.8 Å². The molecule has 0 aromatic carbocycles. The first-order valence-electron chi connectivity index (χ1n) is 6.52. The number of pyridine rings is 1. The zero-order valence-corrected chi connectivity index (χ0v) is 11.5. The van der Waals surface area contributed by atoms with Crippen LogP contribution in [0.1, 0.15) is 45.6 Å². The van der Waals surface area contributed by atoms with Crippen molar-refractivity contribution in [1.29, 1.82) is 0 Å². The summed E-state index contributed by atoms with van der Waals surface area (Å²) in [5.74, 6) is 0.280. The third-order valence-corrected chi connectivity index (χ3v) is 2.90. The van der Waals surface area contributed by atoms with Gasteiger partial charge >= 0.3 is 5.97 Å². The van der Waals surface area contributed by atoms with Crippen LogP contribution in [0.5, 0.6) is 0 Å². The Bertz CT molecular complexity index is 364. The van der Waals surface area contributed by atoms with Crippen LogP contribution in [0.2, 0.25) is 0 Å². The molecule has 1 aliphatic rings. The summed E-state index contributed by atoms with van der Waals surface area (Å²) in [6.45, 7) is 4.99. The summed E-state index contributed by atoms with van der Waals surface area (Å²) in [5, 5.41) is 8.25. The zero-order chi connectivity index (χ0) is 13.6. The van der Waals surface area contributed by atoms with Gasteiger partial charge in [-0.2, -0.15) is 0 Å². The molecule has 1 N–H and O–H groups in total. The third kappa shape index (κ3) is 6.38. The Morgan fingerprint density at radius 3 is 2.44 bits per heavy atom. The van der Waals surface area contributed by atoms with Crippen molar-refractivity contribution in [3.05, 3.63) is 30.1 Å². The van der Waals surface area contributed by atoms with Crippen LogP contribution in [0.15, 0.2) is 24.5 Å². The van der Waals surface area contributed by atoms with E-state index in [1.807, 2.05) is 18.5 Å². The number of aryl methyl sites for hydroxylation is 1. The molecule has 1 heterocycles. The Kier molecular flexibility index (Phi) is 5.32. The van der Waals surface area contributed by atoms with Crippen molar-refractivity contribution in [1.82, 2.24) is 4.98 Å². The van der Waals surface area contributed by atoms with Crippen LogP contribution in [0.25, 0.3) is 0 Å². The lowest BCUT2D eigenvalue weighted by molar-refractivity contribution is -0.145. The molecule has 0 saturated heterocycles. The molecule has 0 unspecified atom stereocenters. The predicted molar refractivity (Wildman–Crippen MR) is 72.4 cm³/mol. The standard InChI is InChI=1S/C10H13N.C5H10O2/c1-2-10(8-11-7-1)6-5-9-3-4-9;1-5(2,3)4(6)7/h1-2,7-9H,3-6H2;1-3H3,(H,6,7). The molecule has 1 aromatic heterocycles. The van der Waals surface area contributed by atoms with Gasteiger partial charge in [-0.1, -0.05) is 18.9 Å². The van der Waals surface area contributed by atoms with Crippen LogP contribution in [-0.4, -0.2) is 16.1 Å². The maximum absolute atomic E-state index is 10.0. The van der Waals surface area contributed by atoms with E-state index < -0.39 is 11.4 Å². The predicted octanol–water partition coefficient (Wildman–Crippen LogP) is 3.54. The zero-order valence-electron chi connectivity index (χ0n) is 11.5. The molecule has 0 aliphatic heterocycles. The van der Waals surface area contributed by atoms with E-state index in [1.165, 1.54) is 31.2 Å². The fourth-order valence-electron chi connectivity index (χ4n) is 1.32. The smallest absolute Gasteiger partial charge is 0.308 e. The molecule has 100 valence electrons. The van der Waals surface area contributed by atoms with Gasteiger partial charge in [-0.25, -0.2) is 0 Å². The fraction of sp³-hybridized carbons (Fsp3) is 0.600. The summed E-state index contributed by atoms with van der Waals surface area (Å²) >= 11 is 0. The first-order chi connectivity index (χ1) is 8.39. The van der Waals surface area contributed by atoms with E-state index >= 15 is 0 Å². The molecule has 0 bridgehead atoms. The minimum atomic E-state index is -0.757. The SMILES string of the molecule is CC(C)(C)C(=O)O.c1cncc(CCC2CC2)c1. The number of nitrogens with zero attached hydrogens (tertiary/aromatic N) is 1. The van der Waals surface area contributed by atoms with Crippen molar-refractivity contribution in [2.75, 3.05) is 0 Å². The minimum Gasteiger partial charge on any atom is -0.481 e. The molecule has 1 saturated carbocycles. The van der Waals surface area contributed by atoms with Gasteiger partial charge in [-0.05, 0) is 51.2 Å². The van der Waals surface area contributed by atoms with Gasteiger partial charge in [0.25, 0.3) is 0 Å². The second-order valence-electron chi connectivity index (χ2n) is 5.90. The van der Waals surface area contributed by atoms with Gasteiger partial charge in [0.2, 0.25) is 0 Å². The van der Waals surface area contributed by atoms with Crippen molar-refractivity contribution >= 4 is 5.97 Å². The first kappa shape index (κ1) is 14.7. The first-order valence-corrected chi connectivity index (χ1v) is 6.52. The summed E-state index contributed by atoms with van der Waals surface area (Å²) in [7, 11) is 0. The van der Waals surface area contributed by atoms with Crippen molar-refractivity contribution in [2.45, 2.75) is 46.5 Å². The molecular formula is C15H23NO2. The minimum absolute atomic E-state index is 0.583. The lowest BCUT2D eigenvalue weighted by atomic mass is 9.98. The summed E-state index contributed by atoms with van der Waals surface area (Å²) < 4.78 is 0. The van der Waals surface area contributed by atoms with Gasteiger partial charge in [0.1, 0.15) is 0 Å². The van der Waals surface area contributed by atoms with Gasteiger partial charge in [0.15, 0.2) is 0 Å². The molecule has 2 rings (SSSR count). The van der Waals surface area contributed by atoms with Gasteiger partial charge in [0, 0.05) is 12.4 Å². The Hall–Kier alpha value is -1.38. The number of hydrogen-bond acceptors (Lipinski definition) is 2. The third-order valence-electron chi connectivity index (χ3n) is 2.90. The molecule has 3 heteroatoms. The van der Waals surface area contributed by atoms with E-state index in [0.29, 0.717) is 0 Å². The molecule has 1 fully saturated rings. The van der Waals surface area contributed by atoms with Gasteiger partial charge in [-0.15, -0.1) is 0 Å². The Morgan fingerprint density at radius 1 is 1.44 bits per heavy atom. The number of carboxylic acids is 1. The number of aromatic nitrogens is 1. The van der Waals surface area contributed by atoms with Crippen molar-refractivity contribution in [3.8, 4) is 0 Å². The van der Waals surface area contributed by atoms with Crippen molar-refractivity contribution in [2.24, 2.45) is 11.3 Å². The highest BCUT2D eigenvalue weighted by Crippen LogP contribution is 2.33. The van der Waals surface area contributed by atoms with Crippen molar-refractivity contribution < 1.29 is 9.90 Å². The quantitative estimate of drug-likeness (QED) is 0.891. The van der Waals surface area contributed by atoms with Crippen LogP contribution in [0.4, 0.5) is 0 Å². The van der Waals surface area contributed by atoms with E-state index in [0.717, 1.165) is 5.92 Å². The molecule has 1 aliphatic carbocycles. The topological polar surface area (TPSA) is 50.2 Å². The second kappa shape index (κ2) is 6.53. The number of aliphatic carboxylic acids is 1. The molecule has 18 heavy (non-hydrogen) atoms. The van der Waals surface area contributed by atoms with Crippen molar-refractivity contribution in [3.63, 3.8) is 0 Å². The second-order valence-corrected chi connectivity index (χ2v) is 5.90. The highest BCUT2D eigenvalue weighted by Gasteiger charge is 2.20. The Labute approximate surface area is 109 Å².